The third-order valence-corrected chi connectivity index (χ3v) is 8.04. The molecule has 0 fully saturated rings. The van der Waals surface area contributed by atoms with Crippen molar-refractivity contribution in [1.29, 1.82) is 0 Å². The van der Waals surface area contributed by atoms with Crippen LogP contribution < -0.4 is 21.3 Å². The zero-order valence-electron chi connectivity index (χ0n) is 23.8. The fourth-order valence-electron chi connectivity index (χ4n) is 5.81. The molecule has 4 heterocycles. The molecule has 214 valence electrons. The van der Waals surface area contributed by atoms with Crippen molar-refractivity contribution < 1.29 is 9.59 Å². The van der Waals surface area contributed by atoms with E-state index in [0.717, 1.165) is 47.2 Å². The number of hydrogen-bond donors (Lipinski definition) is 4. The van der Waals surface area contributed by atoms with Gasteiger partial charge in [0.25, 0.3) is 0 Å². The Labute approximate surface area is 246 Å². The minimum absolute atomic E-state index is 0.000793. The van der Waals surface area contributed by atoms with Crippen LogP contribution in [0, 0.1) is 6.92 Å². The van der Waals surface area contributed by atoms with Gasteiger partial charge < -0.3 is 21.3 Å². The van der Waals surface area contributed by atoms with Crippen LogP contribution in [0.1, 0.15) is 50.9 Å². The average molecular weight is 561 g/mol. The maximum absolute atomic E-state index is 12.9. The van der Waals surface area contributed by atoms with Crippen LogP contribution in [0.3, 0.4) is 0 Å². The first kappa shape index (κ1) is 27.6. The van der Waals surface area contributed by atoms with Crippen LogP contribution in [0.15, 0.2) is 79.4 Å². The molecule has 0 saturated carbocycles. The number of carbonyl (C=O) groups excluding carboxylic acids is 2. The Morgan fingerprint density at radius 1 is 0.786 bits per heavy atom. The highest BCUT2D eigenvalue weighted by molar-refractivity contribution is 5.85. The van der Waals surface area contributed by atoms with E-state index in [9.17, 15) is 9.59 Å². The summed E-state index contributed by atoms with van der Waals surface area (Å²) in [7, 11) is 0. The number of rotatable bonds is 8. The summed E-state index contributed by atoms with van der Waals surface area (Å²) in [6.45, 7) is 3.56. The quantitative estimate of drug-likeness (QED) is 0.262. The largest absolute Gasteiger partial charge is 0.373 e. The molecule has 2 aliphatic rings. The molecule has 2 amide bonds. The number of aromatic nitrogens is 2. The van der Waals surface area contributed by atoms with Crippen LogP contribution in [0.2, 0.25) is 0 Å². The Kier molecular flexibility index (Phi) is 8.23. The van der Waals surface area contributed by atoms with Gasteiger partial charge in [-0.25, -0.2) is 0 Å². The van der Waals surface area contributed by atoms with E-state index in [-0.39, 0.29) is 23.9 Å². The zero-order chi connectivity index (χ0) is 28.9. The summed E-state index contributed by atoms with van der Waals surface area (Å²) < 4.78 is 0. The van der Waals surface area contributed by atoms with Gasteiger partial charge in [-0.05, 0) is 83.2 Å². The molecule has 8 heteroatoms. The van der Waals surface area contributed by atoms with E-state index < -0.39 is 0 Å². The van der Waals surface area contributed by atoms with E-state index >= 15 is 0 Å². The van der Waals surface area contributed by atoms with Crippen molar-refractivity contribution in [3.05, 3.63) is 124 Å². The summed E-state index contributed by atoms with van der Waals surface area (Å²) in [6, 6.07) is 18.3. The molecule has 0 spiro atoms. The number of hydrogen-bond acceptors (Lipinski definition) is 6. The molecule has 2 unspecified atom stereocenters. The Balaban J connectivity index is 1.03. The minimum atomic E-state index is -0.272. The van der Waals surface area contributed by atoms with Gasteiger partial charge in [-0.2, -0.15) is 0 Å². The summed E-state index contributed by atoms with van der Waals surface area (Å²) in [5.41, 5.74) is 10.0. The fourth-order valence-corrected chi connectivity index (χ4v) is 5.81. The van der Waals surface area contributed by atoms with E-state index in [1.54, 1.807) is 6.20 Å². The van der Waals surface area contributed by atoms with Crippen molar-refractivity contribution in [1.82, 2.24) is 25.9 Å². The number of benzene rings is 2. The summed E-state index contributed by atoms with van der Waals surface area (Å²) in [5.74, 6) is 0.00601. The molecule has 6 rings (SSSR count). The van der Waals surface area contributed by atoms with Gasteiger partial charge in [-0.15, -0.1) is 0 Å². The number of para-hydroxylation sites is 1. The van der Waals surface area contributed by atoms with Crippen LogP contribution in [-0.2, 0) is 48.5 Å². The van der Waals surface area contributed by atoms with Gasteiger partial charge in [0.15, 0.2) is 0 Å². The van der Waals surface area contributed by atoms with E-state index in [4.69, 9.17) is 0 Å². The molecular weight excluding hydrogens is 524 g/mol. The average Bonchev–Trinajstić information content (AvgIpc) is 3.02. The third-order valence-electron chi connectivity index (χ3n) is 8.04. The van der Waals surface area contributed by atoms with Crippen molar-refractivity contribution in [2.45, 2.75) is 64.3 Å². The van der Waals surface area contributed by atoms with Crippen LogP contribution in [0.25, 0.3) is 0 Å². The molecule has 4 aromatic rings. The summed E-state index contributed by atoms with van der Waals surface area (Å²) in [6.07, 6.45) is 10.3. The number of fused-ring (bicyclic) bond motifs is 2. The van der Waals surface area contributed by atoms with Crippen LogP contribution in [-0.4, -0.2) is 33.9 Å². The Morgan fingerprint density at radius 3 is 2.36 bits per heavy atom. The first-order valence-corrected chi connectivity index (χ1v) is 14.6. The molecule has 8 nitrogen and oxygen atoms in total. The molecule has 0 saturated heterocycles. The van der Waals surface area contributed by atoms with E-state index in [0.29, 0.717) is 26.1 Å². The zero-order valence-corrected chi connectivity index (χ0v) is 23.8. The molecule has 2 aromatic carbocycles. The highest BCUT2D eigenvalue weighted by Crippen LogP contribution is 2.24. The molecular formula is C34H36N6O2. The maximum atomic E-state index is 12.9. The first-order valence-electron chi connectivity index (χ1n) is 14.6. The summed E-state index contributed by atoms with van der Waals surface area (Å²) in [4.78, 5) is 34.4. The lowest BCUT2D eigenvalue weighted by molar-refractivity contribution is -0.123. The molecule has 0 radical (unpaired) electrons. The second-order valence-corrected chi connectivity index (χ2v) is 11.3. The van der Waals surface area contributed by atoms with Gasteiger partial charge >= 0.3 is 0 Å². The lowest BCUT2D eigenvalue weighted by Crippen LogP contribution is -2.47. The Hall–Kier alpha value is -4.56. The van der Waals surface area contributed by atoms with Gasteiger partial charge in [-0.1, -0.05) is 48.5 Å². The number of nitrogens with zero attached hydrogens (tertiary/aromatic N) is 2. The summed E-state index contributed by atoms with van der Waals surface area (Å²) in [5, 5.41) is 12.9. The predicted molar refractivity (Wildman–Crippen MR) is 163 cm³/mol. The van der Waals surface area contributed by atoms with Crippen LogP contribution >= 0.6 is 0 Å². The van der Waals surface area contributed by atoms with E-state index in [1.165, 1.54) is 22.3 Å². The Morgan fingerprint density at radius 2 is 1.52 bits per heavy atom. The van der Waals surface area contributed by atoms with Crippen LogP contribution in [0.4, 0.5) is 5.69 Å². The van der Waals surface area contributed by atoms with Crippen molar-refractivity contribution >= 4 is 17.5 Å². The standard InChI is InChI=1S/C34H36N6O2/c1-22-10-25(17-35-15-22)19-39-34(42)32-14-29-13-23(6-7-28(29)21-37-32)11-24-12-26(18-36-16-24)20-38-33(41)31-9-8-27-4-2-3-5-30(27)40-31/h2-7,10,12-13,15-18,31-32,37,40H,8-9,11,14,19-21H2,1H3,(H,38,41)(H,39,42). The number of anilines is 1. The van der Waals surface area contributed by atoms with Gasteiger partial charge in [0.1, 0.15) is 6.04 Å². The Bertz CT molecular complexity index is 1600. The van der Waals surface area contributed by atoms with E-state index in [2.05, 4.69) is 61.6 Å². The van der Waals surface area contributed by atoms with Crippen molar-refractivity contribution in [3.8, 4) is 0 Å². The topological polar surface area (TPSA) is 108 Å². The SMILES string of the molecule is Cc1cncc(CNC(=O)C2Cc3cc(Cc4cncc(CNC(=O)C5CCc6ccccc6N5)c4)ccc3CN2)c1. The molecule has 0 aliphatic carbocycles. The molecule has 2 aliphatic heterocycles. The highest BCUT2D eigenvalue weighted by Gasteiger charge is 2.25. The molecule has 2 atom stereocenters. The summed E-state index contributed by atoms with van der Waals surface area (Å²) >= 11 is 0. The van der Waals surface area contributed by atoms with E-state index in [1.807, 2.05) is 49.8 Å². The van der Waals surface area contributed by atoms with Crippen molar-refractivity contribution in [3.63, 3.8) is 0 Å². The number of amides is 2. The van der Waals surface area contributed by atoms with Crippen molar-refractivity contribution in [2.75, 3.05) is 5.32 Å². The lowest BCUT2D eigenvalue weighted by Gasteiger charge is -2.26. The van der Waals surface area contributed by atoms with Gasteiger partial charge in [-0.3, -0.25) is 19.6 Å². The fraction of sp³-hybridized carbons (Fsp3) is 0.294. The smallest absolute Gasteiger partial charge is 0.242 e. The second kappa shape index (κ2) is 12.5. The maximum Gasteiger partial charge on any atom is 0.242 e. The van der Waals surface area contributed by atoms with Gasteiger partial charge in [0.2, 0.25) is 11.8 Å². The molecule has 42 heavy (non-hydrogen) atoms. The monoisotopic (exact) mass is 560 g/mol. The highest BCUT2D eigenvalue weighted by atomic mass is 16.2. The first-order chi connectivity index (χ1) is 20.5. The van der Waals surface area contributed by atoms with Crippen LogP contribution in [0.5, 0.6) is 0 Å². The number of pyridine rings is 2. The number of nitrogens with one attached hydrogen (secondary N) is 4. The normalized spacial score (nSPS) is 17.4. The second-order valence-electron chi connectivity index (χ2n) is 11.3. The molecule has 4 N–H and O–H groups in total. The number of carbonyl (C=O) groups is 2. The number of aryl methyl sites for hydroxylation is 2. The van der Waals surface area contributed by atoms with Crippen molar-refractivity contribution in [2.24, 2.45) is 0 Å². The van der Waals surface area contributed by atoms with Gasteiger partial charge in [0.05, 0.1) is 6.04 Å². The molecule has 2 aromatic heterocycles. The minimum Gasteiger partial charge on any atom is -0.373 e. The lowest BCUT2D eigenvalue weighted by atomic mass is 9.92. The molecule has 0 bridgehead atoms. The predicted octanol–water partition coefficient (Wildman–Crippen LogP) is 3.75. The third kappa shape index (κ3) is 6.66. The van der Waals surface area contributed by atoms with Gasteiger partial charge in [0, 0.05) is 50.1 Å².